The van der Waals surface area contributed by atoms with Gasteiger partial charge in [-0.25, -0.2) is 0 Å². The van der Waals surface area contributed by atoms with Gasteiger partial charge in [-0.15, -0.1) is 0 Å². The van der Waals surface area contributed by atoms with Crippen LogP contribution in [-0.2, 0) is 0 Å². The molecule has 0 fully saturated rings. The quantitative estimate of drug-likeness (QED) is 0.743. The lowest BCUT2D eigenvalue weighted by Gasteiger charge is -2.13. The zero-order valence-electron chi connectivity index (χ0n) is 13.1. The molecule has 0 aliphatic heterocycles. The molecule has 2 aromatic carbocycles. The first kappa shape index (κ1) is 15.0. The highest BCUT2D eigenvalue weighted by atomic mass is 14.9. The number of nitrogens with one attached hydrogen (secondary N) is 1. The summed E-state index contributed by atoms with van der Waals surface area (Å²) in [6.45, 7) is 8.32. The van der Waals surface area contributed by atoms with Gasteiger partial charge in [0.25, 0.3) is 0 Å². The normalized spacial score (nSPS) is 12.4. The molecule has 0 saturated heterocycles. The molecule has 0 atom stereocenters. The summed E-state index contributed by atoms with van der Waals surface area (Å²) in [5.41, 5.74) is 6.73. The van der Waals surface area contributed by atoms with E-state index in [1.807, 2.05) is 37.3 Å². The molecular weight excluding hydrogens is 256 g/mol. The van der Waals surface area contributed by atoms with E-state index < -0.39 is 0 Å². The van der Waals surface area contributed by atoms with Crippen LogP contribution in [0.4, 0.5) is 11.4 Å². The summed E-state index contributed by atoms with van der Waals surface area (Å²) in [7, 11) is 0. The number of nitrogens with zero attached hydrogens (tertiary/aromatic N) is 1. The molecule has 2 heteroatoms. The molecule has 0 saturated carbocycles. The summed E-state index contributed by atoms with van der Waals surface area (Å²) in [5, 5.41) is 3.48. The number of aliphatic imine (C=N–C) groups is 1. The Balaban J connectivity index is 2.16. The summed E-state index contributed by atoms with van der Waals surface area (Å²) in [4.78, 5) is 4.59. The van der Waals surface area contributed by atoms with Crippen LogP contribution in [0.1, 0.15) is 25.0 Å². The summed E-state index contributed by atoms with van der Waals surface area (Å²) in [5.74, 6) is 0. The summed E-state index contributed by atoms with van der Waals surface area (Å²) in [6.07, 6.45) is 2.07. The van der Waals surface area contributed by atoms with E-state index in [4.69, 9.17) is 0 Å². The number of allylic oxidation sites excluding steroid dienone is 2. The lowest BCUT2D eigenvalue weighted by Crippen LogP contribution is -2.01. The third-order valence-corrected chi connectivity index (χ3v) is 3.29. The van der Waals surface area contributed by atoms with E-state index in [-0.39, 0.29) is 0 Å². The highest BCUT2D eigenvalue weighted by Crippen LogP contribution is 2.21. The van der Waals surface area contributed by atoms with Gasteiger partial charge in [-0.05, 0) is 57.0 Å². The van der Waals surface area contributed by atoms with Gasteiger partial charge in [-0.3, -0.25) is 4.99 Å². The van der Waals surface area contributed by atoms with Crippen LogP contribution in [0.5, 0.6) is 0 Å². The molecule has 108 valence electrons. The Labute approximate surface area is 127 Å². The predicted molar refractivity (Wildman–Crippen MR) is 92.5 cm³/mol. The van der Waals surface area contributed by atoms with Crippen LogP contribution in [-0.4, -0.2) is 5.71 Å². The van der Waals surface area contributed by atoms with Gasteiger partial charge in [-0.1, -0.05) is 36.4 Å². The van der Waals surface area contributed by atoms with E-state index in [0.717, 1.165) is 17.1 Å². The highest BCUT2D eigenvalue weighted by Gasteiger charge is 2.01. The standard InChI is InChI=1S/C19H22N2/c1-14-9-8-10-15(2)19(14)21-17(4)13-16(3)20-18-11-6-5-7-12-18/h5-13,21H,1-4H3/b17-13-,20-16+. The number of hydrogen-bond donors (Lipinski definition) is 1. The lowest BCUT2D eigenvalue weighted by molar-refractivity contribution is 1.30. The highest BCUT2D eigenvalue weighted by molar-refractivity contribution is 5.95. The number of anilines is 1. The van der Waals surface area contributed by atoms with Crippen molar-refractivity contribution in [2.75, 3.05) is 5.32 Å². The van der Waals surface area contributed by atoms with Crippen molar-refractivity contribution in [2.45, 2.75) is 27.7 Å². The van der Waals surface area contributed by atoms with Crippen molar-refractivity contribution < 1.29 is 0 Å². The molecule has 0 heterocycles. The molecule has 0 amide bonds. The van der Waals surface area contributed by atoms with Gasteiger partial charge in [0.1, 0.15) is 0 Å². The Hall–Kier alpha value is -2.35. The van der Waals surface area contributed by atoms with Gasteiger partial charge in [0, 0.05) is 17.1 Å². The molecular formula is C19H22N2. The zero-order chi connectivity index (χ0) is 15.2. The van der Waals surface area contributed by atoms with E-state index in [1.165, 1.54) is 16.8 Å². The SMILES string of the molecule is C/C(=C/C(C)=N/c1ccccc1)Nc1c(C)cccc1C. The molecule has 0 unspecified atom stereocenters. The Bertz CT molecular complexity index is 647. The molecule has 0 aliphatic rings. The molecule has 0 bridgehead atoms. The Morgan fingerprint density at radius 2 is 1.52 bits per heavy atom. The minimum absolute atomic E-state index is 0.978. The van der Waals surface area contributed by atoms with Gasteiger partial charge in [0.15, 0.2) is 0 Å². The first-order valence-corrected chi connectivity index (χ1v) is 7.18. The summed E-state index contributed by atoms with van der Waals surface area (Å²) < 4.78 is 0. The van der Waals surface area contributed by atoms with E-state index in [9.17, 15) is 0 Å². The first-order chi connectivity index (χ1) is 10.1. The van der Waals surface area contributed by atoms with E-state index in [2.05, 4.69) is 55.4 Å². The van der Waals surface area contributed by atoms with Crippen molar-refractivity contribution in [3.63, 3.8) is 0 Å². The molecule has 2 nitrogen and oxygen atoms in total. The van der Waals surface area contributed by atoms with Gasteiger partial charge < -0.3 is 5.32 Å². The summed E-state index contributed by atoms with van der Waals surface area (Å²) >= 11 is 0. The maximum absolute atomic E-state index is 4.59. The van der Waals surface area contributed by atoms with Crippen LogP contribution in [0.25, 0.3) is 0 Å². The smallest absolute Gasteiger partial charge is 0.0632 e. The number of rotatable bonds is 4. The Morgan fingerprint density at radius 1 is 0.905 bits per heavy atom. The van der Waals surface area contributed by atoms with Crippen LogP contribution >= 0.6 is 0 Å². The third kappa shape index (κ3) is 4.32. The van der Waals surface area contributed by atoms with Crippen molar-refractivity contribution in [3.05, 3.63) is 71.4 Å². The van der Waals surface area contributed by atoms with Crippen molar-refractivity contribution in [1.29, 1.82) is 0 Å². The molecule has 0 aliphatic carbocycles. The lowest BCUT2D eigenvalue weighted by atomic mass is 10.1. The molecule has 21 heavy (non-hydrogen) atoms. The largest absolute Gasteiger partial charge is 0.359 e. The first-order valence-electron chi connectivity index (χ1n) is 7.18. The topological polar surface area (TPSA) is 24.4 Å². The average Bonchev–Trinajstić information content (AvgIpc) is 2.44. The van der Waals surface area contributed by atoms with Gasteiger partial charge in [0.05, 0.1) is 5.69 Å². The van der Waals surface area contributed by atoms with Crippen molar-refractivity contribution in [3.8, 4) is 0 Å². The van der Waals surface area contributed by atoms with E-state index in [1.54, 1.807) is 0 Å². The fourth-order valence-corrected chi connectivity index (χ4v) is 2.30. The Morgan fingerprint density at radius 3 is 2.14 bits per heavy atom. The third-order valence-electron chi connectivity index (χ3n) is 3.29. The van der Waals surface area contributed by atoms with E-state index >= 15 is 0 Å². The molecule has 2 rings (SSSR count). The minimum atomic E-state index is 0.978. The van der Waals surface area contributed by atoms with Gasteiger partial charge in [-0.2, -0.15) is 0 Å². The molecule has 0 spiro atoms. The fraction of sp³-hybridized carbons (Fsp3) is 0.211. The molecule has 2 aromatic rings. The minimum Gasteiger partial charge on any atom is -0.359 e. The van der Waals surface area contributed by atoms with Crippen LogP contribution in [0.2, 0.25) is 0 Å². The average molecular weight is 278 g/mol. The van der Waals surface area contributed by atoms with Crippen molar-refractivity contribution in [2.24, 2.45) is 4.99 Å². The van der Waals surface area contributed by atoms with E-state index in [0.29, 0.717) is 0 Å². The van der Waals surface area contributed by atoms with Gasteiger partial charge >= 0.3 is 0 Å². The van der Waals surface area contributed by atoms with Crippen LogP contribution in [0.15, 0.2) is 65.3 Å². The van der Waals surface area contributed by atoms with Gasteiger partial charge in [0.2, 0.25) is 0 Å². The number of para-hydroxylation sites is 2. The fourth-order valence-electron chi connectivity index (χ4n) is 2.30. The van der Waals surface area contributed by atoms with Crippen molar-refractivity contribution >= 4 is 17.1 Å². The predicted octanol–water partition coefficient (Wildman–Crippen LogP) is 5.41. The van der Waals surface area contributed by atoms with Crippen LogP contribution in [0.3, 0.4) is 0 Å². The molecule has 0 aromatic heterocycles. The second kappa shape index (κ2) is 6.89. The molecule has 1 N–H and O–H groups in total. The number of hydrogen-bond acceptors (Lipinski definition) is 2. The zero-order valence-corrected chi connectivity index (χ0v) is 13.1. The summed E-state index contributed by atoms with van der Waals surface area (Å²) in [6, 6.07) is 16.3. The number of benzene rings is 2. The van der Waals surface area contributed by atoms with Crippen molar-refractivity contribution in [1.82, 2.24) is 0 Å². The van der Waals surface area contributed by atoms with Crippen LogP contribution in [0, 0.1) is 13.8 Å². The maximum atomic E-state index is 4.59. The Kier molecular flexibility index (Phi) is 4.94. The second-order valence-corrected chi connectivity index (χ2v) is 5.31. The van der Waals surface area contributed by atoms with Crippen LogP contribution < -0.4 is 5.32 Å². The molecule has 0 radical (unpaired) electrons. The number of aryl methyl sites for hydroxylation is 2. The maximum Gasteiger partial charge on any atom is 0.0632 e. The second-order valence-electron chi connectivity index (χ2n) is 5.31. The monoisotopic (exact) mass is 278 g/mol.